The summed E-state index contributed by atoms with van der Waals surface area (Å²) < 4.78 is 5.88. The van der Waals surface area contributed by atoms with Crippen molar-refractivity contribution < 1.29 is 4.42 Å². The molecule has 2 heterocycles. The highest BCUT2D eigenvalue weighted by molar-refractivity contribution is 6.35. The average molecular weight is 256 g/mol. The first kappa shape index (κ1) is 10.0. The van der Waals surface area contributed by atoms with Gasteiger partial charge in [0.05, 0.1) is 6.54 Å². The highest BCUT2D eigenvalue weighted by Gasteiger charge is 2.15. The van der Waals surface area contributed by atoms with E-state index in [-0.39, 0.29) is 0 Å². The van der Waals surface area contributed by atoms with Crippen LogP contribution in [0.25, 0.3) is 27.8 Å². The predicted molar refractivity (Wildman–Crippen MR) is 74.6 cm³/mol. The van der Waals surface area contributed by atoms with Crippen molar-refractivity contribution in [3.63, 3.8) is 0 Å². The lowest BCUT2D eigenvalue weighted by atomic mass is 10.0. The number of halogens is 1. The van der Waals surface area contributed by atoms with E-state index in [0.717, 1.165) is 44.6 Å². The Labute approximate surface area is 109 Å². The first-order valence-electron chi connectivity index (χ1n) is 5.86. The van der Waals surface area contributed by atoms with Crippen LogP contribution >= 0.6 is 11.6 Å². The van der Waals surface area contributed by atoms with Crippen LogP contribution in [0.1, 0.15) is 11.3 Å². The Bertz CT molecular complexity index is 801. The van der Waals surface area contributed by atoms with Crippen molar-refractivity contribution in [2.45, 2.75) is 6.54 Å². The summed E-state index contributed by atoms with van der Waals surface area (Å²) in [7, 11) is 0. The smallest absolute Gasteiger partial charge is 0.135 e. The van der Waals surface area contributed by atoms with Crippen molar-refractivity contribution >= 4 is 39.4 Å². The first-order chi connectivity index (χ1) is 8.83. The molecule has 1 aliphatic heterocycles. The molecule has 0 aliphatic carbocycles. The highest BCUT2D eigenvalue weighted by atomic mass is 35.5. The zero-order chi connectivity index (χ0) is 12.1. The molecule has 2 aromatic carbocycles. The zero-order valence-corrected chi connectivity index (χ0v) is 10.3. The van der Waals surface area contributed by atoms with Gasteiger partial charge < -0.3 is 9.73 Å². The molecular formula is C15H10ClNO. The van der Waals surface area contributed by atoms with Gasteiger partial charge in [-0.05, 0) is 35.9 Å². The van der Waals surface area contributed by atoms with E-state index >= 15 is 0 Å². The molecule has 18 heavy (non-hydrogen) atoms. The summed E-state index contributed by atoms with van der Waals surface area (Å²) in [4.78, 5) is 0. The lowest BCUT2D eigenvalue weighted by Crippen LogP contribution is -2.07. The topological polar surface area (TPSA) is 25.2 Å². The number of benzene rings is 2. The van der Waals surface area contributed by atoms with Gasteiger partial charge in [0, 0.05) is 21.4 Å². The van der Waals surface area contributed by atoms with Gasteiger partial charge in [-0.25, -0.2) is 0 Å². The maximum atomic E-state index is 6.25. The van der Waals surface area contributed by atoms with Crippen molar-refractivity contribution in [2.24, 2.45) is 0 Å². The maximum Gasteiger partial charge on any atom is 0.135 e. The van der Waals surface area contributed by atoms with Gasteiger partial charge in [-0.15, -0.1) is 0 Å². The van der Waals surface area contributed by atoms with Crippen molar-refractivity contribution in [1.82, 2.24) is 5.32 Å². The van der Waals surface area contributed by atoms with E-state index in [1.165, 1.54) is 0 Å². The predicted octanol–water partition coefficient (Wildman–Crippen LogP) is 4.31. The van der Waals surface area contributed by atoms with Crippen LogP contribution in [0.5, 0.6) is 0 Å². The van der Waals surface area contributed by atoms with Gasteiger partial charge in [0.1, 0.15) is 11.3 Å². The number of furan rings is 1. The fraction of sp³-hybridized carbons (Fsp3) is 0.0667. The minimum absolute atomic E-state index is 0.741. The molecule has 0 unspecified atom stereocenters. The van der Waals surface area contributed by atoms with Crippen LogP contribution in [-0.4, -0.2) is 0 Å². The molecule has 0 fully saturated rings. The van der Waals surface area contributed by atoms with Gasteiger partial charge in [-0.3, -0.25) is 0 Å². The third-order valence-corrected chi connectivity index (χ3v) is 3.71. The van der Waals surface area contributed by atoms with Crippen LogP contribution in [0.15, 0.2) is 40.9 Å². The number of fused-ring (bicyclic) bond motifs is 4. The van der Waals surface area contributed by atoms with E-state index in [4.69, 9.17) is 16.0 Å². The molecule has 2 nitrogen and oxygen atoms in total. The van der Waals surface area contributed by atoms with Crippen molar-refractivity contribution in [1.29, 1.82) is 0 Å². The summed E-state index contributed by atoms with van der Waals surface area (Å²) in [5.74, 6) is 0.985. The Hall–Kier alpha value is -1.93. The van der Waals surface area contributed by atoms with E-state index < -0.39 is 0 Å². The largest absolute Gasteiger partial charge is 0.459 e. The molecule has 0 amide bonds. The van der Waals surface area contributed by atoms with Crippen LogP contribution in [0.4, 0.5) is 0 Å². The SMILES string of the molecule is Clc1cccc2cc3oc4c(c3cc12)C=CNC4. The summed E-state index contributed by atoms with van der Waals surface area (Å²) >= 11 is 6.25. The van der Waals surface area contributed by atoms with E-state index in [9.17, 15) is 0 Å². The quantitative estimate of drug-likeness (QED) is 0.647. The Morgan fingerprint density at radius 2 is 2.11 bits per heavy atom. The maximum absolute atomic E-state index is 6.25. The second-order valence-electron chi connectivity index (χ2n) is 4.46. The minimum atomic E-state index is 0.741. The first-order valence-corrected chi connectivity index (χ1v) is 6.24. The minimum Gasteiger partial charge on any atom is -0.459 e. The molecule has 3 aromatic rings. The van der Waals surface area contributed by atoms with Crippen LogP contribution in [0, 0.1) is 0 Å². The van der Waals surface area contributed by atoms with Crippen LogP contribution < -0.4 is 5.32 Å². The molecule has 1 N–H and O–H groups in total. The third-order valence-electron chi connectivity index (χ3n) is 3.38. The van der Waals surface area contributed by atoms with Gasteiger partial charge in [0.2, 0.25) is 0 Å². The van der Waals surface area contributed by atoms with Crippen LogP contribution in [0.3, 0.4) is 0 Å². The Morgan fingerprint density at radius 3 is 3.06 bits per heavy atom. The van der Waals surface area contributed by atoms with Crippen LogP contribution in [0.2, 0.25) is 5.02 Å². The zero-order valence-electron chi connectivity index (χ0n) is 9.53. The second kappa shape index (κ2) is 3.53. The van der Waals surface area contributed by atoms with Gasteiger partial charge >= 0.3 is 0 Å². The van der Waals surface area contributed by atoms with Gasteiger partial charge in [-0.2, -0.15) is 0 Å². The molecule has 3 heteroatoms. The molecule has 1 aromatic heterocycles. The number of nitrogens with one attached hydrogen (secondary N) is 1. The van der Waals surface area contributed by atoms with Gasteiger partial charge in [0.25, 0.3) is 0 Å². The van der Waals surface area contributed by atoms with Crippen LogP contribution in [-0.2, 0) is 6.54 Å². The Morgan fingerprint density at radius 1 is 1.17 bits per heavy atom. The number of hydrogen-bond acceptors (Lipinski definition) is 2. The second-order valence-corrected chi connectivity index (χ2v) is 4.87. The summed E-state index contributed by atoms with van der Waals surface area (Å²) in [5, 5.41) is 7.24. The molecule has 0 radical (unpaired) electrons. The monoisotopic (exact) mass is 255 g/mol. The summed E-state index contributed by atoms with van der Waals surface area (Å²) in [6.07, 6.45) is 4.00. The summed E-state index contributed by atoms with van der Waals surface area (Å²) in [5.41, 5.74) is 2.08. The van der Waals surface area contributed by atoms with Gasteiger partial charge in [0.15, 0.2) is 0 Å². The lowest BCUT2D eigenvalue weighted by Gasteiger charge is -2.04. The summed E-state index contributed by atoms with van der Waals surface area (Å²) in [6.45, 7) is 0.741. The molecule has 4 rings (SSSR count). The number of rotatable bonds is 0. The Kier molecular flexibility index (Phi) is 1.97. The molecule has 0 bridgehead atoms. The standard InChI is InChI=1S/C15H10ClNO/c16-13-3-1-2-9-6-14-12(7-11(9)13)10-4-5-17-8-15(10)18-14/h1-7,17H,8H2. The van der Waals surface area contributed by atoms with Crippen molar-refractivity contribution in [3.8, 4) is 0 Å². The van der Waals surface area contributed by atoms with E-state index in [0.29, 0.717) is 0 Å². The highest BCUT2D eigenvalue weighted by Crippen LogP contribution is 2.34. The van der Waals surface area contributed by atoms with Crippen molar-refractivity contribution in [2.75, 3.05) is 0 Å². The van der Waals surface area contributed by atoms with E-state index in [2.05, 4.69) is 23.5 Å². The molecular weight excluding hydrogens is 246 g/mol. The van der Waals surface area contributed by atoms with E-state index in [1.54, 1.807) is 0 Å². The fourth-order valence-electron chi connectivity index (χ4n) is 2.51. The molecule has 0 spiro atoms. The third kappa shape index (κ3) is 1.30. The normalized spacial score (nSPS) is 13.8. The molecule has 1 aliphatic rings. The average Bonchev–Trinajstić information content (AvgIpc) is 2.75. The molecule has 0 saturated heterocycles. The van der Waals surface area contributed by atoms with E-state index in [1.807, 2.05) is 24.4 Å². The number of hydrogen-bond donors (Lipinski definition) is 1. The molecule has 88 valence electrons. The fourth-order valence-corrected chi connectivity index (χ4v) is 2.74. The molecule has 0 saturated carbocycles. The Balaban J connectivity index is 2.17. The molecule has 0 atom stereocenters. The van der Waals surface area contributed by atoms with Gasteiger partial charge in [-0.1, -0.05) is 23.7 Å². The van der Waals surface area contributed by atoms with Crippen molar-refractivity contribution in [3.05, 3.63) is 52.9 Å². The summed E-state index contributed by atoms with van der Waals surface area (Å²) in [6, 6.07) is 10.1. The lowest BCUT2D eigenvalue weighted by molar-refractivity contribution is 0.533.